The van der Waals surface area contributed by atoms with Crippen LogP contribution in [-0.2, 0) is 11.3 Å². The van der Waals surface area contributed by atoms with Crippen molar-refractivity contribution in [1.82, 2.24) is 14.9 Å². The number of aliphatic carboxylic acids is 1. The minimum atomic E-state index is -0.863. The van der Waals surface area contributed by atoms with E-state index in [4.69, 9.17) is 9.84 Å². The van der Waals surface area contributed by atoms with Gasteiger partial charge < -0.3 is 19.8 Å². The first-order valence-electron chi connectivity index (χ1n) is 8.49. The molecular formula is C18H22N4O4. The molecule has 1 saturated heterocycles. The number of aromatic nitrogens is 2. The van der Waals surface area contributed by atoms with Crippen LogP contribution in [0, 0.1) is 0 Å². The van der Waals surface area contributed by atoms with Gasteiger partial charge in [0.15, 0.2) is 0 Å². The molecular weight excluding hydrogens is 336 g/mol. The Bertz CT molecular complexity index is 728. The number of carboxylic acid groups (broad SMARTS) is 1. The summed E-state index contributed by atoms with van der Waals surface area (Å²) in [6, 6.07) is 8.60. The number of rotatable bonds is 7. The van der Waals surface area contributed by atoms with Crippen LogP contribution in [0.3, 0.4) is 0 Å². The second kappa shape index (κ2) is 8.59. The van der Waals surface area contributed by atoms with Gasteiger partial charge in [0.1, 0.15) is 18.4 Å². The summed E-state index contributed by atoms with van der Waals surface area (Å²) in [5, 5.41) is 18.5. The third kappa shape index (κ3) is 4.47. The molecule has 0 amide bonds. The van der Waals surface area contributed by atoms with Crippen molar-refractivity contribution in [3.63, 3.8) is 0 Å². The zero-order valence-corrected chi connectivity index (χ0v) is 14.4. The summed E-state index contributed by atoms with van der Waals surface area (Å²) in [7, 11) is 0. The lowest BCUT2D eigenvalue weighted by atomic mass is 10.1. The van der Waals surface area contributed by atoms with E-state index in [1.807, 2.05) is 34.1 Å². The summed E-state index contributed by atoms with van der Waals surface area (Å²) in [5.74, 6) is 0.357. The number of benzene rings is 1. The Hall–Kier alpha value is -2.71. The molecule has 1 unspecified atom stereocenters. The number of carboxylic acids is 1. The SMILES string of the molecule is O=C(O)C1CN(c2ncccn2)CCN1Cc1cccc(OCCO)c1. The molecule has 8 nitrogen and oxygen atoms in total. The minimum Gasteiger partial charge on any atom is -0.491 e. The van der Waals surface area contributed by atoms with Crippen LogP contribution in [0.25, 0.3) is 0 Å². The van der Waals surface area contributed by atoms with E-state index in [0.29, 0.717) is 37.9 Å². The van der Waals surface area contributed by atoms with Gasteiger partial charge in [0.2, 0.25) is 5.95 Å². The Kier molecular flexibility index (Phi) is 5.98. The molecule has 0 bridgehead atoms. The first-order chi connectivity index (χ1) is 12.7. The third-order valence-electron chi connectivity index (χ3n) is 4.26. The highest BCUT2D eigenvalue weighted by Crippen LogP contribution is 2.20. The van der Waals surface area contributed by atoms with Crippen molar-refractivity contribution in [2.75, 3.05) is 37.7 Å². The number of nitrogens with zero attached hydrogens (tertiary/aromatic N) is 4. The summed E-state index contributed by atoms with van der Waals surface area (Å²) in [5.41, 5.74) is 0.969. The van der Waals surface area contributed by atoms with Gasteiger partial charge in [-0.25, -0.2) is 9.97 Å². The van der Waals surface area contributed by atoms with Crippen LogP contribution in [0.5, 0.6) is 5.75 Å². The quantitative estimate of drug-likeness (QED) is 0.743. The maximum Gasteiger partial charge on any atom is 0.322 e. The molecule has 3 rings (SSSR count). The van der Waals surface area contributed by atoms with Gasteiger partial charge in [0.05, 0.1) is 6.61 Å². The van der Waals surface area contributed by atoms with Gasteiger partial charge in [0, 0.05) is 38.6 Å². The standard InChI is InChI=1S/C18H22N4O4/c23-9-10-26-15-4-1-3-14(11-15)12-21-7-8-22(13-16(21)17(24)25)18-19-5-2-6-20-18/h1-6,11,16,23H,7-10,12-13H2,(H,24,25). The van der Waals surface area contributed by atoms with Crippen molar-refractivity contribution in [2.24, 2.45) is 0 Å². The third-order valence-corrected chi connectivity index (χ3v) is 4.26. The zero-order valence-electron chi connectivity index (χ0n) is 14.4. The Morgan fingerprint density at radius 2 is 2.04 bits per heavy atom. The summed E-state index contributed by atoms with van der Waals surface area (Å²) in [6.45, 7) is 2.29. The van der Waals surface area contributed by atoms with Crippen LogP contribution in [-0.4, -0.2) is 69.9 Å². The summed E-state index contributed by atoms with van der Waals surface area (Å²) in [4.78, 5) is 24.0. The van der Waals surface area contributed by atoms with Gasteiger partial charge in [0.25, 0.3) is 0 Å². The summed E-state index contributed by atoms with van der Waals surface area (Å²) >= 11 is 0. The van der Waals surface area contributed by atoms with Crippen LogP contribution in [0.2, 0.25) is 0 Å². The average molecular weight is 358 g/mol. The predicted octanol–water partition coefficient (Wildman–Crippen LogP) is 0.623. The number of anilines is 1. The van der Waals surface area contributed by atoms with Gasteiger partial charge in [-0.05, 0) is 23.8 Å². The van der Waals surface area contributed by atoms with Gasteiger partial charge in [-0.15, -0.1) is 0 Å². The van der Waals surface area contributed by atoms with Crippen molar-refractivity contribution < 1.29 is 19.7 Å². The van der Waals surface area contributed by atoms with E-state index >= 15 is 0 Å². The van der Waals surface area contributed by atoms with Crippen LogP contribution < -0.4 is 9.64 Å². The van der Waals surface area contributed by atoms with Gasteiger partial charge >= 0.3 is 5.97 Å². The number of aliphatic hydroxyl groups excluding tert-OH is 1. The number of ether oxygens (including phenoxy) is 1. The minimum absolute atomic E-state index is 0.0468. The van der Waals surface area contributed by atoms with E-state index in [9.17, 15) is 9.90 Å². The van der Waals surface area contributed by atoms with Gasteiger partial charge in [-0.2, -0.15) is 0 Å². The summed E-state index contributed by atoms with van der Waals surface area (Å²) in [6.07, 6.45) is 3.31. The normalized spacial score (nSPS) is 17.9. The van der Waals surface area contributed by atoms with E-state index in [-0.39, 0.29) is 13.2 Å². The van der Waals surface area contributed by atoms with Crippen molar-refractivity contribution in [2.45, 2.75) is 12.6 Å². The van der Waals surface area contributed by atoms with Crippen molar-refractivity contribution in [3.05, 3.63) is 48.3 Å². The topological polar surface area (TPSA) is 99.0 Å². The molecule has 2 heterocycles. The van der Waals surface area contributed by atoms with Crippen LogP contribution >= 0.6 is 0 Å². The second-order valence-corrected chi connectivity index (χ2v) is 6.04. The number of aliphatic hydroxyl groups is 1. The van der Waals surface area contributed by atoms with E-state index in [2.05, 4.69) is 9.97 Å². The van der Waals surface area contributed by atoms with Gasteiger partial charge in [-0.1, -0.05) is 12.1 Å². The fourth-order valence-electron chi connectivity index (χ4n) is 3.01. The molecule has 1 aromatic heterocycles. The average Bonchev–Trinajstić information content (AvgIpc) is 2.67. The van der Waals surface area contributed by atoms with Crippen LogP contribution in [0.1, 0.15) is 5.56 Å². The van der Waals surface area contributed by atoms with E-state index in [0.717, 1.165) is 5.56 Å². The van der Waals surface area contributed by atoms with E-state index < -0.39 is 12.0 Å². The molecule has 26 heavy (non-hydrogen) atoms. The lowest BCUT2D eigenvalue weighted by molar-refractivity contribution is -0.143. The largest absolute Gasteiger partial charge is 0.491 e. The Labute approximate surface area is 151 Å². The number of hydrogen-bond donors (Lipinski definition) is 2. The van der Waals surface area contributed by atoms with Crippen LogP contribution in [0.15, 0.2) is 42.7 Å². The molecule has 8 heteroatoms. The lowest BCUT2D eigenvalue weighted by Crippen LogP contribution is -2.56. The first kappa shape index (κ1) is 18.1. The van der Waals surface area contributed by atoms with E-state index in [1.54, 1.807) is 18.5 Å². The Balaban J connectivity index is 1.69. The summed E-state index contributed by atoms with van der Waals surface area (Å²) < 4.78 is 5.42. The van der Waals surface area contributed by atoms with Crippen molar-refractivity contribution >= 4 is 11.9 Å². The van der Waals surface area contributed by atoms with E-state index in [1.165, 1.54) is 0 Å². The molecule has 1 aromatic carbocycles. The first-order valence-corrected chi connectivity index (χ1v) is 8.49. The molecule has 1 aliphatic rings. The van der Waals surface area contributed by atoms with Gasteiger partial charge in [-0.3, -0.25) is 9.69 Å². The molecule has 2 aromatic rings. The molecule has 0 aliphatic carbocycles. The number of hydrogen-bond acceptors (Lipinski definition) is 7. The zero-order chi connectivity index (χ0) is 18.4. The fraction of sp³-hybridized carbons (Fsp3) is 0.389. The highest BCUT2D eigenvalue weighted by molar-refractivity contribution is 5.74. The highest BCUT2D eigenvalue weighted by Gasteiger charge is 2.33. The Morgan fingerprint density at radius 1 is 1.23 bits per heavy atom. The molecule has 138 valence electrons. The van der Waals surface area contributed by atoms with Crippen molar-refractivity contribution in [3.8, 4) is 5.75 Å². The predicted molar refractivity (Wildman–Crippen MR) is 95.1 cm³/mol. The molecule has 2 N–H and O–H groups in total. The monoisotopic (exact) mass is 358 g/mol. The maximum absolute atomic E-state index is 11.8. The molecule has 1 fully saturated rings. The highest BCUT2D eigenvalue weighted by atomic mass is 16.5. The molecule has 0 spiro atoms. The number of carbonyl (C=O) groups is 1. The molecule has 1 aliphatic heterocycles. The second-order valence-electron chi connectivity index (χ2n) is 6.04. The van der Waals surface area contributed by atoms with Crippen molar-refractivity contribution in [1.29, 1.82) is 0 Å². The Morgan fingerprint density at radius 3 is 2.77 bits per heavy atom. The smallest absolute Gasteiger partial charge is 0.322 e. The lowest BCUT2D eigenvalue weighted by Gasteiger charge is -2.39. The fourth-order valence-corrected chi connectivity index (χ4v) is 3.01. The molecule has 1 atom stereocenters. The van der Waals surface area contributed by atoms with Crippen LogP contribution in [0.4, 0.5) is 5.95 Å². The maximum atomic E-state index is 11.8. The number of piperazine rings is 1. The molecule has 0 saturated carbocycles. The molecule has 0 radical (unpaired) electrons.